The molecule has 1 fully saturated rings. The third-order valence-electron chi connectivity index (χ3n) is 7.00. The van der Waals surface area contributed by atoms with Crippen LogP contribution in [0.15, 0.2) is 95.9 Å². The van der Waals surface area contributed by atoms with Gasteiger partial charge in [-0.3, -0.25) is 0 Å². The fourth-order valence-electron chi connectivity index (χ4n) is 5.22. The molecule has 192 valence electrons. The van der Waals surface area contributed by atoms with Crippen LogP contribution in [0, 0.1) is 0 Å². The zero-order valence-corrected chi connectivity index (χ0v) is 23.3. The van der Waals surface area contributed by atoms with Gasteiger partial charge in [-0.05, 0) is 34.0 Å². The Morgan fingerprint density at radius 1 is 0.833 bits per heavy atom. The van der Waals surface area contributed by atoms with Crippen molar-refractivity contribution in [1.29, 1.82) is 0 Å². The van der Waals surface area contributed by atoms with Crippen LogP contribution in [-0.2, 0) is 23.7 Å². The molecule has 0 amide bonds. The summed E-state index contributed by atoms with van der Waals surface area (Å²) in [7, 11) is -4.74. The van der Waals surface area contributed by atoms with Crippen molar-refractivity contribution in [3.63, 3.8) is 0 Å². The van der Waals surface area contributed by atoms with Gasteiger partial charge < -0.3 is 13.9 Å². The normalized spacial score (nSPS) is 21.3. The highest BCUT2D eigenvalue weighted by Gasteiger charge is 2.51. The molecule has 0 N–H and O–H groups in total. The van der Waals surface area contributed by atoms with Gasteiger partial charge >= 0.3 is 0 Å². The standard InChI is InChI=1S/C29H36O5SSi/c1-29(2,3)36(26-16-10-6-11-17-26,27-18-12-7-13-19-27)33-22-23-20-25(21-28(32-4)34-23)35(30,31)24-14-8-5-9-15-24/h5-19,23,25,28H,20-22H2,1-4H3/t23-,25+,28?/m0/s1. The first-order valence-electron chi connectivity index (χ1n) is 12.4. The van der Waals surface area contributed by atoms with E-state index in [2.05, 4.69) is 69.3 Å². The lowest BCUT2D eigenvalue weighted by Gasteiger charge is -2.44. The average molecular weight is 525 g/mol. The molecule has 0 radical (unpaired) electrons. The van der Waals surface area contributed by atoms with Crippen LogP contribution in [-0.4, -0.2) is 48.1 Å². The van der Waals surface area contributed by atoms with E-state index in [0.29, 0.717) is 17.7 Å². The second-order valence-electron chi connectivity index (χ2n) is 10.3. The summed E-state index contributed by atoms with van der Waals surface area (Å²) in [5.74, 6) is 0. The zero-order chi connectivity index (χ0) is 25.8. The molecule has 3 aromatic rings. The van der Waals surface area contributed by atoms with Crippen molar-refractivity contribution in [2.75, 3.05) is 13.7 Å². The molecule has 0 aromatic heterocycles. The van der Waals surface area contributed by atoms with Gasteiger partial charge in [-0.15, -0.1) is 0 Å². The van der Waals surface area contributed by atoms with Crippen molar-refractivity contribution in [3.8, 4) is 0 Å². The maximum atomic E-state index is 13.5. The molecule has 1 aliphatic rings. The lowest BCUT2D eigenvalue weighted by Crippen LogP contribution is -2.67. The second-order valence-corrected chi connectivity index (χ2v) is 16.9. The van der Waals surface area contributed by atoms with Crippen LogP contribution in [0.4, 0.5) is 0 Å². The molecule has 0 saturated carbocycles. The van der Waals surface area contributed by atoms with Crippen LogP contribution < -0.4 is 10.4 Å². The van der Waals surface area contributed by atoms with Gasteiger partial charge in [-0.1, -0.05) is 99.6 Å². The van der Waals surface area contributed by atoms with Gasteiger partial charge in [0.25, 0.3) is 8.32 Å². The molecule has 4 rings (SSSR count). The molecule has 36 heavy (non-hydrogen) atoms. The summed E-state index contributed by atoms with van der Waals surface area (Å²) < 4.78 is 45.6. The van der Waals surface area contributed by atoms with Crippen LogP contribution in [0.5, 0.6) is 0 Å². The predicted molar refractivity (Wildman–Crippen MR) is 146 cm³/mol. The van der Waals surface area contributed by atoms with Crippen LogP contribution in [0.3, 0.4) is 0 Å². The van der Waals surface area contributed by atoms with Crippen molar-refractivity contribution in [2.24, 2.45) is 0 Å². The summed E-state index contributed by atoms with van der Waals surface area (Å²) in [6.07, 6.45) is -0.359. The Balaban J connectivity index is 1.67. The van der Waals surface area contributed by atoms with E-state index in [9.17, 15) is 8.42 Å². The molecule has 0 bridgehead atoms. The minimum absolute atomic E-state index is 0.180. The number of methoxy groups -OCH3 is 1. The van der Waals surface area contributed by atoms with Crippen molar-refractivity contribution in [1.82, 2.24) is 0 Å². The minimum Gasteiger partial charge on any atom is -0.405 e. The second kappa shape index (κ2) is 11.0. The topological polar surface area (TPSA) is 61.8 Å². The monoisotopic (exact) mass is 524 g/mol. The Morgan fingerprint density at radius 2 is 1.33 bits per heavy atom. The van der Waals surface area contributed by atoms with E-state index < -0.39 is 35.8 Å². The Kier molecular flexibility index (Phi) is 8.17. The fraction of sp³-hybridized carbons (Fsp3) is 0.379. The van der Waals surface area contributed by atoms with E-state index in [1.54, 1.807) is 31.4 Å². The lowest BCUT2D eigenvalue weighted by atomic mass is 10.1. The van der Waals surface area contributed by atoms with E-state index in [1.807, 2.05) is 18.2 Å². The van der Waals surface area contributed by atoms with Gasteiger partial charge in [0.1, 0.15) is 0 Å². The third-order valence-corrected chi connectivity index (χ3v) is 14.2. The number of hydrogen-bond donors (Lipinski definition) is 0. The Labute approximate surface area is 216 Å². The zero-order valence-electron chi connectivity index (χ0n) is 21.5. The Hall–Kier alpha value is -2.29. The average Bonchev–Trinajstić information content (AvgIpc) is 2.90. The van der Waals surface area contributed by atoms with Gasteiger partial charge in [-0.2, -0.15) is 0 Å². The van der Waals surface area contributed by atoms with E-state index in [4.69, 9.17) is 13.9 Å². The SMILES string of the molecule is COC1C[C@H](S(=O)(=O)c2ccccc2)C[C@@H](CO[Si](c2ccccc2)(c2ccccc2)C(C)(C)C)O1. The minimum atomic E-state index is -3.53. The maximum Gasteiger partial charge on any atom is 0.261 e. The highest BCUT2D eigenvalue weighted by Crippen LogP contribution is 2.38. The van der Waals surface area contributed by atoms with Crippen molar-refractivity contribution in [3.05, 3.63) is 91.0 Å². The first-order valence-corrected chi connectivity index (χ1v) is 15.9. The Bertz CT molecular complexity index is 1170. The molecular formula is C29H36O5SSi. The third kappa shape index (κ3) is 5.36. The largest absolute Gasteiger partial charge is 0.405 e. The van der Waals surface area contributed by atoms with Crippen molar-refractivity contribution in [2.45, 2.75) is 61.2 Å². The molecule has 5 nitrogen and oxygen atoms in total. The molecule has 7 heteroatoms. The lowest BCUT2D eigenvalue weighted by molar-refractivity contribution is -0.185. The van der Waals surface area contributed by atoms with E-state index in [0.717, 1.165) is 0 Å². The van der Waals surface area contributed by atoms with Gasteiger partial charge in [0.15, 0.2) is 16.1 Å². The van der Waals surface area contributed by atoms with Crippen LogP contribution in [0.2, 0.25) is 5.04 Å². The highest BCUT2D eigenvalue weighted by molar-refractivity contribution is 7.92. The van der Waals surface area contributed by atoms with Gasteiger partial charge in [0.05, 0.1) is 22.9 Å². The van der Waals surface area contributed by atoms with E-state index in [-0.39, 0.29) is 11.6 Å². The number of ether oxygens (including phenoxy) is 2. The summed E-state index contributed by atoms with van der Waals surface area (Å²) in [4.78, 5) is 0.332. The fourth-order valence-corrected chi connectivity index (χ4v) is 11.6. The Morgan fingerprint density at radius 3 is 1.81 bits per heavy atom. The van der Waals surface area contributed by atoms with Gasteiger partial charge in [-0.25, -0.2) is 8.42 Å². The molecular weight excluding hydrogens is 488 g/mol. The van der Waals surface area contributed by atoms with Crippen LogP contribution in [0.1, 0.15) is 33.6 Å². The van der Waals surface area contributed by atoms with Crippen LogP contribution in [0.25, 0.3) is 0 Å². The quantitative estimate of drug-likeness (QED) is 0.405. The summed E-state index contributed by atoms with van der Waals surface area (Å²) in [5, 5.41) is 1.57. The molecule has 1 unspecified atom stereocenters. The van der Waals surface area contributed by atoms with E-state index >= 15 is 0 Å². The van der Waals surface area contributed by atoms with Crippen molar-refractivity contribution < 1.29 is 22.3 Å². The number of sulfone groups is 1. The number of hydrogen-bond acceptors (Lipinski definition) is 5. The van der Waals surface area contributed by atoms with Crippen molar-refractivity contribution >= 4 is 28.5 Å². The molecule has 3 aromatic carbocycles. The summed E-state index contributed by atoms with van der Waals surface area (Å²) in [6.45, 7) is 6.96. The summed E-state index contributed by atoms with van der Waals surface area (Å²) >= 11 is 0. The first-order chi connectivity index (χ1) is 17.2. The summed E-state index contributed by atoms with van der Waals surface area (Å²) in [6, 6.07) is 29.5. The number of benzene rings is 3. The van der Waals surface area contributed by atoms with Gasteiger partial charge in [0.2, 0.25) is 0 Å². The smallest absolute Gasteiger partial charge is 0.261 e. The van der Waals surface area contributed by atoms with Gasteiger partial charge in [0, 0.05) is 13.5 Å². The molecule has 1 heterocycles. The predicted octanol–water partition coefficient (Wildman–Crippen LogP) is 4.56. The molecule has 1 saturated heterocycles. The maximum absolute atomic E-state index is 13.5. The number of rotatable bonds is 8. The molecule has 1 aliphatic heterocycles. The molecule has 0 spiro atoms. The highest BCUT2D eigenvalue weighted by atomic mass is 32.2. The van der Waals surface area contributed by atoms with E-state index in [1.165, 1.54) is 10.4 Å². The molecule has 3 atom stereocenters. The van der Waals surface area contributed by atoms with Crippen LogP contribution >= 0.6 is 0 Å². The molecule has 0 aliphatic carbocycles. The first kappa shape index (κ1) is 26.8. The summed E-state index contributed by atoms with van der Waals surface area (Å²) in [5.41, 5.74) is 0.